The van der Waals surface area contributed by atoms with Crippen LogP contribution in [-0.4, -0.2) is 37.5 Å². The zero-order valence-electron chi connectivity index (χ0n) is 19.8. The van der Waals surface area contributed by atoms with Crippen LogP contribution in [0.25, 0.3) is 0 Å². The minimum absolute atomic E-state index is 0.179. The van der Waals surface area contributed by atoms with Crippen molar-refractivity contribution in [2.75, 3.05) is 36.1 Å². The van der Waals surface area contributed by atoms with E-state index in [4.69, 9.17) is 0 Å². The van der Waals surface area contributed by atoms with Gasteiger partial charge in [-0.2, -0.15) is 0 Å². The van der Waals surface area contributed by atoms with Crippen molar-refractivity contribution in [1.29, 1.82) is 0 Å². The maximum absolute atomic E-state index is 13.4. The normalized spacial score (nSPS) is 23.3. The number of alkyl halides is 1. The Kier molecular flexibility index (Phi) is 5.59. The number of anilines is 2. The van der Waals surface area contributed by atoms with Gasteiger partial charge < -0.3 is 10.0 Å². The third-order valence-corrected chi connectivity index (χ3v) is 8.04. The summed E-state index contributed by atoms with van der Waals surface area (Å²) in [5, 5.41) is 9.93. The van der Waals surface area contributed by atoms with Crippen LogP contribution in [0.5, 0.6) is 0 Å². The maximum atomic E-state index is 13.4. The fraction of sp³-hybridized carbons (Fsp3) is 0.345. The van der Waals surface area contributed by atoms with E-state index in [1.54, 1.807) is 0 Å². The van der Waals surface area contributed by atoms with Crippen molar-refractivity contribution in [3.05, 3.63) is 95.1 Å². The van der Waals surface area contributed by atoms with Crippen molar-refractivity contribution in [2.24, 2.45) is 0 Å². The predicted molar refractivity (Wildman–Crippen MR) is 135 cm³/mol. The lowest BCUT2D eigenvalue weighted by molar-refractivity contribution is 0.201. The van der Waals surface area contributed by atoms with E-state index in [9.17, 15) is 14.3 Å². The highest BCUT2D eigenvalue weighted by atomic mass is 19.1. The summed E-state index contributed by atoms with van der Waals surface area (Å²) >= 11 is 0. The fourth-order valence-corrected chi connectivity index (χ4v) is 5.91. The molecule has 1 amide bonds. The lowest BCUT2D eigenvalue weighted by Crippen LogP contribution is -2.47. The predicted octanol–water partition coefficient (Wildman–Crippen LogP) is 6.37. The van der Waals surface area contributed by atoms with Crippen LogP contribution in [0.4, 0.5) is 20.6 Å². The smallest absolute Gasteiger partial charge is 0.411 e. The molecular weight excluding hydrogens is 427 g/mol. The molecule has 2 atom stereocenters. The molecule has 2 heterocycles. The molecular formula is C29H31FN2O2. The Morgan fingerprint density at radius 2 is 1.38 bits per heavy atom. The van der Waals surface area contributed by atoms with E-state index in [0.29, 0.717) is 5.69 Å². The van der Waals surface area contributed by atoms with E-state index in [-0.39, 0.29) is 17.4 Å². The molecule has 3 aromatic rings. The van der Waals surface area contributed by atoms with Gasteiger partial charge in [0, 0.05) is 35.3 Å². The number of carboxylic acid groups (broad SMARTS) is 1. The van der Waals surface area contributed by atoms with Crippen LogP contribution in [-0.2, 0) is 10.8 Å². The van der Waals surface area contributed by atoms with Crippen molar-refractivity contribution in [3.8, 4) is 0 Å². The maximum Gasteiger partial charge on any atom is 0.411 e. The van der Waals surface area contributed by atoms with Gasteiger partial charge in [-0.3, -0.25) is 4.90 Å². The lowest BCUT2D eigenvalue weighted by atomic mass is 9.64. The number of hydrogen-bond donors (Lipinski definition) is 1. The molecule has 0 saturated carbocycles. The van der Waals surface area contributed by atoms with Gasteiger partial charge in [-0.05, 0) is 47.2 Å². The molecule has 1 N–H and O–H groups in total. The Labute approximate surface area is 200 Å². The average molecular weight is 459 g/mol. The van der Waals surface area contributed by atoms with Crippen molar-refractivity contribution in [3.63, 3.8) is 0 Å². The quantitative estimate of drug-likeness (QED) is 0.483. The first-order chi connectivity index (χ1) is 16.4. The van der Waals surface area contributed by atoms with Crippen LogP contribution in [0.1, 0.15) is 48.9 Å². The van der Waals surface area contributed by atoms with Crippen LogP contribution < -0.4 is 9.80 Å². The summed E-state index contributed by atoms with van der Waals surface area (Å²) in [7, 11) is 0. The first-order valence-electron chi connectivity index (χ1n) is 12.0. The highest BCUT2D eigenvalue weighted by molar-refractivity contribution is 5.88. The average Bonchev–Trinajstić information content (AvgIpc) is 2.87. The summed E-state index contributed by atoms with van der Waals surface area (Å²) in [4.78, 5) is 15.8. The van der Waals surface area contributed by atoms with Crippen LogP contribution in [0.3, 0.4) is 0 Å². The molecule has 3 aromatic carbocycles. The van der Waals surface area contributed by atoms with Gasteiger partial charge in [0.15, 0.2) is 0 Å². The number of benzene rings is 3. The molecule has 5 rings (SSSR count). The third-order valence-electron chi connectivity index (χ3n) is 8.04. The number of nitrogens with zero attached hydrogens (tertiary/aromatic N) is 2. The number of rotatable bonds is 5. The topological polar surface area (TPSA) is 43.8 Å². The van der Waals surface area contributed by atoms with Gasteiger partial charge in [0.25, 0.3) is 0 Å². The van der Waals surface area contributed by atoms with E-state index in [1.807, 2.05) is 24.3 Å². The Morgan fingerprint density at radius 1 is 0.912 bits per heavy atom. The van der Waals surface area contributed by atoms with Gasteiger partial charge in [0.05, 0.1) is 6.54 Å². The molecule has 176 valence electrons. The molecule has 0 bridgehead atoms. The Morgan fingerprint density at radius 3 is 1.79 bits per heavy atom. The molecule has 2 aliphatic rings. The van der Waals surface area contributed by atoms with Crippen molar-refractivity contribution >= 4 is 17.5 Å². The zero-order valence-corrected chi connectivity index (χ0v) is 19.8. The molecule has 5 heteroatoms. The van der Waals surface area contributed by atoms with E-state index in [0.717, 1.165) is 42.0 Å². The highest BCUT2D eigenvalue weighted by Crippen LogP contribution is 2.54. The Hall–Kier alpha value is -3.34. The SMILES string of the molecule is C[C@@]1(c2ccccc2)CCN2CC[C@@](C)(c3ccccc3)c3cc(N(CCF)C(=O)O)cc1c32. The first kappa shape index (κ1) is 22.5. The molecule has 0 aliphatic carbocycles. The lowest BCUT2D eigenvalue weighted by Gasteiger charge is -2.50. The van der Waals surface area contributed by atoms with E-state index < -0.39 is 12.8 Å². The monoisotopic (exact) mass is 458 g/mol. The summed E-state index contributed by atoms with van der Waals surface area (Å²) in [5.74, 6) is 0. The summed E-state index contributed by atoms with van der Waals surface area (Å²) in [6.07, 6.45) is 0.743. The zero-order chi connectivity index (χ0) is 23.9. The van der Waals surface area contributed by atoms with Gasteiger partial charge in [-0.25, -0.2) is 9.18 Å². The minimum Gasteiger partial charge on any atom is -0.465 e. The molecule has 4 nitrogen and oxygen atoms in total. The number of amides is 1. The van der Waals surface area contributed by atoms with Gasteiger partial charge in [-0.1, -0.05) is 74.5 Å². The number of halogens is 1. The summed E-state index contributed by atoms with van der Waals surface area (Å²) in [6.45, 7) is 5.51. The van der Waals surface area contributed by atoms with Crippen LogP contribution >= 0.6 is 0 Å². The Bertz CT molecular complexity index is 1120. The molecule has 2 aliphatic heterocycles. The fourth-order valence-electron chi connectivity index (χ4n) is 5.91. The second kappa shape index (κ2) is 8.46. The van der Waals surface area contributed by atoms with Crippen molar-refractivity contribution in [1.82, 2.24) is 0 Å². The third kappa shape index (κ3) is 3.46. The summed E-state index contributed by atoms with van der Waals surface area (Å²) in [6, 6.07) is 24.9. The molecule has 0 fully saturated rings. The van der Waals surface area contributed by atoms with Gasteiger partial charge >= 0.3 is 6.09 Å². The second-order valence-electron chi connectivity index (χ2n) is 9.90. The van der Waals surface area contributed by atoms with E-state index >= 15 is 0 Å². The Balaban J connectivity index is 1.81. The molecule has 0 radical (unpaired) electrons. The summed E-state index contributed by atoms with van der Waals surface area (Å²) in [5.41, 5.74) is 5.91. The number of carbonyl (C=O) groups is 1. The molecule has 0 spiro atoms. The highest BCUT2D eigenvalue weighted by Gasteiger charge is 2.45. The van der Waals surface area contributed by atoms with Crippen LogP contribution in [0, 0.1) is 0 Å². The first-order valence-corrected chi connectivity index (χ1v) is 12.0. The van der Waals surface area contributed by atoms with Gasteiger partial charge in [-0.15, -0.1) is 0 Å². The summed E-state index contributed by atoms with van der Waals surface area (Å²) < 4.78 is 13.4. The van der Waals surface area contributed by atoms with Crippen LogP contribution in [0.15, 0.2) is 72.8 Å². The van der Waals surface area contributed by atoms with Crippen molar-refractivity contribution in [2.45, 2.75) is 37.5 Å². The number of hydrogen-bond acceptors (Lipinski definition) is 2. The second-order valence-corrected chi connectivity index (χ2v) is 9.90. The van der Waals surface area contributed by atoms with Gasteiger partial charge in [0.2, 0.25) is 0 Å². The van der Waals surface area contributed by atoms with E-state index in [1.165, 1.54) is 16.8 Å². The van der Waals surface area contributed by atoms with Gasteiger partial charge in [0.1, 0.15) is 6.67 Å². The standard InChI is InChI=1S/C29H31FN2O2/c1-28(21-9-5-3-6-10-21)13-16-31-17-14-29(2,22-11-7-4-8-12-22)25-20-23(19-24(28)26(25)31)32(18-15-30)27(33)34/h3-12,19-20H,13-18H2,1-2H3,(H,33,34)/t28-,29-/m0/s1. The van der Waals surface area contributed by atoms with Crippen LogP contribution in [0.2, 0.25) is 0 Å². The largest absolute Gasteiger partial charge is 0.465 e. The van der Waals surface area contributed by atoms with Crippen molar-refractivity contribution < 1.29 is 14.3 Å². The molecule has 0 saturated heterocycles. The van der Waals surface area contributed by atoms with E-state index in [2.05, 4.69) is 67.3 Å². The minimum atomic E-state index is -1.13. The molecule has 0 aromatic heterocycles. The molecule has 34 heavy (non-hydrogen) atoms. The molecule has 0 unspecified atom stereocenters.